The summed E-state index contributed by atoms with van der Waals surface area (Å²) in [5, 5.41) is 6.11. The molecule has 0 unspecified atom stereocenters. The van der Waals surface area contributed by atoms with Gasteiger partial charge in [-0.25, -0.2) is 9.18 Å². The molecule has 0 bridgehead atoms. The van der Waals surface area contributed by atoms with E-state index in [2.05, 4.69) is 10.5 Å². The number of esters is 1. The number of aryl methyl sites for hydroxylation is 1. The predicted octanol–water partition coefficient (Wildman–Crippen LogP) is 2.70. The van der Waals surface area contributed by atoms with E-state index in [1.165, 1.54) is 25.3 Å². The normalized spacial score (nSPS) is 11.7. The minimum Gasteiger partial charge on any atom is -0.494 e. The number of rotatable bonds is 6. The highest BCUT2D eigenvalue weighted by Crippen LogP contribution is 2.19. The van der Waals surface area contributed by atoms with Crippen molar-refractivity contribution in [1.29, 1.82) is 0 Å². The fraction of sp³-hybridized carbons (Fsp3) is 0.312. The van der Waals surface area contributed by atoms with Crippen molar-refractivity contribution in [3.63, 3.8) is 0 Å². The fourth-order valence-corrected chi connectivity index (χ4v) is 1.94. The van der Waals surface area contributed by atoms with Crippen LogP contribution >= 0.6 is 0 Å². The number of aromatic nitrogens is 1. The number of nitrogens with one attached hydrogen (secondary N) is 1. The largest absolute Gasteiger partial charge is 0.494 e. The Morgan fingerprint density at radius 2 is 2.12 bits per heavy atom. The van der Waals surface area contributed by atoms with Gasteiger partial charge in [-0.1, -0.05) is 12.1 Å². The summed E-state index contributed by atoms with van der Waals surface area (Å²) in [6.07, 6.45) is -0.799. The number of carbonyl (C=O) groups is 2. The number of ether oxygens (including phenoxy) is 2. The van der Waals surface area contributed by atoms with Crippen molar-refractivity contribution in [3.05, 3.63) is 41.4 Å². The summed E-state index contributed by atoms with van der Waals surface area (Å²) in [6.45, 7) is 3.36. The maximum absolute atomic E-state index is 13.6. The van der Waals surface area contributed by atoms with Crippen LogP contribution in [0.2, 0.25) is 0 Å². The van der Waals surface area contributed by atoms with E-state index >= 15 is 0 Å². The van der Waals surface area contributed by atoms with Gasteiger partial charge in [0.05, 0.1) is 12.7 Å². The highest BCUT2D eigenvalue weighted by atomic mass is 19.1. The van der Waals surface area contributed by atoms with Gasteiger partial charge in [-0.15, -0.1) is 0 Å². The first kappa shape index (κ1) is 17.5. The molecule has 2 rings (SSSR count). The monoisotopic (exact) mass is 336 g/mol. The zero-order valence-corrected chi connectivity index (χ0v) is 13.5. The van der Waals surface area contributed by atoms with Crippen LogP contribution in [-0.4, -0.2) is 30.2 Å². The number of benzene rings is 1. The van der Waals surface area contributed by atoms with Gasteiger partial charge >= 0.3 is 5.97 Å². The lowest BCUT2D eigenvalue weighted by Gasteiger charge is -2.15. The first-order valence-electron chi connectivity index (χ1n) is 7.23. The van der Waals surface area contributed by atoms with Crippen LogP contribution in [0.25, 0.3) is 0 Å². The highest BCUT2D eigenvalue weighted by Gasteiger charge is 2.23. The molecule has 1 heterocycles. The van der Waals surface area contributed by atoms with Crippen LogP contribution in [0.1, 0.15) is 29.5 Å². The first-order chi connectivity index (χ1) is 11.4. The van der Waals surface area contributed by atoms with E-state index in [1.54, 1.807) is 13.8 Å². The first-order valence-corrected chi connectivity index (χ1v) is 7.23. The molecule has 1 N–H and O–H groups in total. The van der Waals surface area contributed by atoms with Crippen molar-refractivity contribution in [2.24, 2.45) is 0 Å². The summed E-state index contributed by atoms with van der Waals surface area (Å²) in [4.78, 5) is 24.2. The molecule has 1 atom stereocenters. The van der Waals surface area contributed by atoms with Crippen molar-refractivity contribution in [3.8, 4) is 5.75 Å². The van der Waals surface area contributed by atoms with Crippen LogP contribution in [0.15, 0.2) is 28.8 Å². The number of carbonyl (C=O) groups excluding carboxylic acids is 2. The Balaban J connectivity index is 2.04. The molecule has 1 aromatic carbocycles. The van der Waals surface area contributed by atoms with E-state index < -0.39 is 23.8 Å². The number of halogens is 1. The van der Waals surface area contributed by atoms with Crippen LogP contribution in [0.5, 0.6) is 5.75 Å². The third-order valence-corrected chi connectivity index (χ3v) is 3.18. The quantitative estimate of drug-likeness (QED) is 0.816. The van der Waals surface area contributed by atoms with Gasteiger partial charge in [0.15, 0.2) is 23.5 Å². The van der Waals surface area contributed by atoms with E-state index in [0.29, 0.717) is 5.76 Å². The number of methoxy groups -OCH3 is 1. The molecule has 24 heavy (non-hydrogen) atoms. The molecule has 7 nitrogen and oxygen atoms in total. The van der Waals surface area contributed by atoms with Crippen LogP contribution < -0.4 is 10.1 Å². The van der Waals surface area contributed by atoms with Gasteiger partial charge in [0.25, 0.3) is 5.91 Å². The zero-order valence-electron chi connectivity index (χ0n) is 13.5. The number of hydrogen-bond donors (Lipinski definition) is 1. The third-order valence-electron chi connectivity index (χ3n) is 3.18. The number of anilines is 1. The Labute approximate surface area is 137 Å². The topological polar surface area (TPSA) is 90.7 Å². The zero-order chi connectivity index (χ0) is 17.7. The second-order valence-electron chi connectivity index (χ2n) is 4.96. The molecule has 2 aromatic rings. The lowest BCUT2D eigenvalue weighted by atomic mass is 10.2. The molecule has 128 valence electrons. The number of nitrogens with zero attached hydrogens (tertiary/aromatic N) is 1. The second kappa shape index (κ2) is 7.58. The van der Waals surface area contributed by atoms with Gasteiger partial charge in [0.1, 0.15) is 5.76 Å². The summed E-state index contributed by atoms with van der Waals surface area (Å²) in [5.41, 5.74) is -0.0168. The Bertz CT molecular complexity index is 744. The molecule has 0 radical (unpaired) electrons. The lowest BCUT2D eigenvalue weighted by Crippen LogP contribution is -2.32. The maximum Gasteiger partial charge on any atom is 0.339 e. The molecule has 0 spiro atoms. The maximum atomic E-state index is 13.6. The molecule has 8 heteroatoms. The van der Waals surface area contributed by atoms with Crippen LogP contribution in [0.3, 0.4) is 0 Å². The second-order valence-corrected chi connectivity index (χ2v) is 4.96. The van der Waals surface area contributed by atoms with Gasteiger partial charge in [0.2, 0.25) is 0 Å². The van der Waals surface area contributed by atoms with Crippen molar-refractivity contribution in [1.82, 2.24) is 5.16 Å². The molecule has 0 saturated heterocycles. The summed E-state index contributed by atoms with van der Waals surface area (Å²) < 4.78 is 28.4. The minimum absolute atomic E-state index is 0.0118. The molecule has 0 aliphatic carbocycles. The van der Waals surface area contributed by atoms with Gasteiger partial charge < -0.3 is 19.3 Å². The Morgan fingerprint density at radius 1 is 1.38 bits per heavy atom. The van der Waals surface area contributed by atoms with E-state index in [1.807, 2.05) is 0 Å². The minimum atomic E-state index is -1.04. The highest BCUT2D eigenvalue weighted by molar-refractivity contribution is 5.97. The van der Waals surface area contributed by atoms with Gasteiger partial charge in [-0.2, -0.15) is 0 Å². The molecular weight excluding hydrogens is 319 g/mol. The number of amides is 1. The van der Waals surface area contributed by atoms with Crippen LogP contribution in [0, 0.1) is 12.7 Å². The average molecular weight is 336 g/mol. The average Bonchev–Trinajstić information content (AvgIpc) is 2.96. The van der Waals surface area contributed by atoms with E-state index in [-0.39, 0.29) is 23.6 Å². The molecule has 1 amide bonds. The Kier molecular flexibility index (Phi) is 5.51. The summed E-state index contributed by atoms with van der Waals surface area (Å²) >= 11 is 0. The van der Waals surface area contributed by atoms with Crippen molar-refractivity contribution in [2.75, 3.05) is 12.4 Å². The van der Waals surface area contributed by atoms with Gasteiger partial charge in [-0.05, 0) is 31.5 Å². The van der Waals surface area contributed by atoms with Gasteiger partial charge in [-0.3, -0.25) is 4.79 Å². The molecule has 0 fully saturated rings. The molecule has 0 aliphatic rings. The molecule has 0 saturated carbocycles. The van der Waals surface area contributed by atoms with Crippen LogP contribution in [0.4, 0.5) is 10.2 Å². The van der Waals surface area contributed by atoms with E-state index in [4.69, 9.17) is 14.0 Å². The fourth-order valence-electron chi connectivity index (χ4n) is 1.94. The van der Waals surface area contributed by atoms with Crippen LogP contribution in [-0.2, 0) is 9.53 Å². The lowest BCUT2D eigenvalue weighted by molar-refractivity contribution is -0.124. The summed E-state index contributed by atoms with van der Waals surface area (Å²) in [7, 11) is 1.32. The number of hydrogen-bond acceptors (Lipinski definition) is 6. The molecule has 0 aliphatic heterocycles. The summed E-state index contributed by atoms with van der Waals surface area (Å²) in [5.74, 6) is -1.28. The van der Waals surface area contributed by atoms with E-state index in [9.17, 15) is 14.0 Å². The van der Waals surface area contributed by atoms with Crippen molar-refractivity contribution in [2.45, 2.75) is 26.4 Å². The Hall–Kier alpha value is -2.90. The summed E-state index contributed by atoms with van der Waals surface area (Å²) in [6, 6.07) is 5.19. The van der Waals surface area contributed by atoms with E-state index in [0.717, 1.165) is 6.07 Å². The van der Waals surface area contributed by atoms with Crippen molar-refractivity contribution < 1.29 is 28.0 Å². The molecule has 1 aromatic heterocycles. The van der Waals surface area contributed by atoms with Crippen molar-refractivity contribution >= 4 is 17.7 Å². The van der Waals surface area contributed by atoms with Gasteiger partial charge in [0, 0.05) is 6.07 Å². The predicted molar refractivity (Wildman–Crippen MR) is 82.3 cm³/mol. The Morgan fingerprint density at radius 3 is 2.67 bits per heavy atom. The standard InChI is InChI=1S/C16H17FN2O5/c1-4-12(15(20)18-14-7-9(2)24-19-14)23-16(21)10-5-6-13(22-3)11(17)8-10/h5-8,12H,4H2,1-3H3,(H,18,19,20)/t12-/m0/s1. The molecular formula is C16H17FN2O5. The third kappa shape index (κ3) is 4.09. The SMILES string of the molecule is CC[C@H](OC(=O)c1ccc(OC)c(F)c1)C(=O)Nc1cc(C)on1. The smallest absolute Gasteiger partial charge is 0.339 e.